The molecule has 0 radical (unpaired) electrons. The van der Waals surface area contributed by atoms with Gasteiger partial charge in [-0.1, -0.05) is 12.1 Å². The van der Waals surface area contributed by atoms with Crippen LogP contribution in [0.4, 0.5) is 36.4 Å². The Bertz CT molecular complexity index is 493. The highest BCUT2D eigenvalue weighted by Crippen LogP contribution is 2.53. The highest BCUT2D eigenvalue weighted by atomic mass is 19.4. The summed E-state index contributed by atoms with van der Waals surface area (Å²) in [5.41, 5.74) is -7.19. The molecule has 0 bridgehead atoms. The van der Waals surface area contributed by atoms with Gasteiger partial charge in [0.2, 0.25) is 0 Å². The summed E-state index contributed by atoms with van der Waals surface area (Å²) in [5, 5.41) is 10.6. The number of hydrogen-bond donors (Lipinski definition) is 2. The van der Waals surface area contributed by atoms with Crippen LogP contribution < -0.4 is 5.32 Å². The zero-order valence-corrected chi connectivity index (χ0v) is 10.0. The minimum Gasteiger partial charge on any atom is -0.480 e. The number of rotatable bonds is 4. The van der Waals surface area contributed by atoms with Crippen LogP contribution in [0.15, 0.2) is 24.3 Å². The predicted molar refractivity (Wildman–Crippen MR) is 57.5 cm³/mol. The second-order valence-corrected chi connectivity index (χ2v) is 3.98. The summed E-state index contributed by atoms with van der Waals surface area (Å²) in [4.78, 5) is 10.2. The standard InChI is InChI=1S/C11H8F7NO2/c12-9(10(13,14)15,11(16,17)18)6-1-3-7(4-2-6)19-5-8(20)21/h1-4,19H,5H2,(H,20,21). The van der Waals surface area contributed by atoms with Crippen molar-refractivity contribution in [2.45, 2.75) is 18.0 Å². The number of benzene rings is 1. The lowest BCUT2D eigenvalue weighted by Gasteiger charge is -2.30. The van der Waals surface area contributed by atoms with Crippen LogP contribution in [0, 0.1) is 0 Å². The monoisotopic (exact) mass is 319 g/mol. The molecule has 0 heterocycles. The number of carbonyl (C=O) groups is 1. The Kier molecular flexibility index (Phi) is 4.40. The lowest BCUT2D eigenvalue weighted by Crippen LogP contribution is -2.50. The molecule has 0 saturated carbocycles. The molecule has 1 rings (SSSR count). The first-order valence-corrected chi connectivity index (χ1v) is 5.28. The third-order valence-electron chi connectivity index (χ3n) is 2.51. The topological polar surface area (TPSA) is 49.3 Å². The second-order valence-electron chi connectivity index (χ2n) is 3.98. The van der Waals surface area contributed by atoms with Gasteiger partial charge in [0.25, 0.3) is 0 Å². The van der Waals surface area contributed by atoms with Gasteiger partial charge < -0.3 is 10.4 Å². The first-order valence-electron chi connectivity index (χ1n) is 5.28. The minimum atomic E-state index is -6.18. The van der Waals surface area contributed by atoms with Crippen LogP contribution in [0.25, 0.3) is 0 Å². The van der Waals surface area contributed by atoms with Crippen LogP contribution in [0.1, 0.15) is 5.56 Å². The maximum absolute atomic E-state index is 13.6. The first-order chi connectivity index (χ1) is 9.39. The zero-order chi connectivity index (χ0) is 16.5. The minimum absolute atomic E-state index is 0.0622. The number of carboxylic acid groups (broad SMARTS) is 1. The summed E-state index contributed by atoms with van der Waals surface area (Å²) < 4.78 is 88.3. The Hall–Kier alpha value is -2.00. The van der Waals surface area contributed by atoms with E-state index in [0.717, 1.165) is 12.1 Å². The number of halogens is 7. The Balaban J connectivity index is 3.15. The van der Waals surface area contributed by atoms with Crippen molar-refractivity contribution in [2.24, 2.45) is 0 Å². The fourth-order valence-electron chi connectivity index (χ4n) is 1.48. The van der Waals surface area contributed by atoms with Gasteiger partial charge in [-0.2, -0.15) is 26.3 Å². The lowest BCUT2D eigenvalue weighted by molar-refractivity contribution is -0.348. The summed E-state index contributed by atoms with van der Waals surface area (Å²) >= 11 is 0. The third kappa shape index (κ3) is 3.37. The molecule has 10 heteroatoms. The molecule has 0 fully saturated rings. The fraction of sp³-hybridized carbons (Fsp3) is 0.364. The quantitative estimate of drug-likeness (QED) is 0.836. The van der Waals surface area contributed by atoms with Crippen molar-refractivity contribution in [3.8, 4) is 0 Å². The van der Waals surface area contributed by atoms with E-state index in [1.54, 1.807) is 0 Å². The molecule has 118 valence electrons. The predicted octanol–water partition coefficient (Wildman–Crippen LogP) is 3.47. The molecule has 0 amide bonds. The first kappa shape index (κ1) is 17.1. The summed E-state index contributed by atoms with van der Waals surface area (Å²) in [6, 6.07) is 2.05. The van der Waals surface area contributed by atoms with Gasteiger partial charge in [-0.15, -0.1) is 0 Å². The SMILES string of the molecule is O=C(O)CNc1ccc(C(F)(C(F)(F)F)C(F)(F)F)cc1. The van der Waals surface area contributed by atoms with Crippen LogP contribution >= 0.6 is 0 Å². The molecule has 2 N–H and O–H groups in total. The Morgan fingerprint density at radius 3 is 1.71 bits per heavy atom. The molecule has 0 aromatic heterocycles. The molecule has 1 aromatic rings. The van der Waals surface area contributed by atoms with Gasteiger partial charge >= 0.3 is 24.0 Å². The van der Waals surface area contributed by atoms with Crippen LogP contribution in [0.3, 0.4) is 0 Å². The number of alkyl halides is 7. The molecule has 0 spiro atoms. The number of nitrogens with one attached hydrogen (secondary N) is 1. The van der Waals surface area contributed by atoms with Gasteiger partial charge in [0.15, 0.2) is 0 Å². The highest BCUT2D eigenvalue weighted by molar-refractivity contribution is 5.72. The number of aliphatic carboxylic acids is 1. The summed E-state index contributed by atoms with van der Waals surface area (Å²) in [6.07, 6.45) is -12.4. The zero-order valence-electron chi connectivity index (χ0n) is 10.0. The molecular weight excluding hydrogens is 311 g/mol. The van der Waals surface area contributed by atoms with Crippen molar-refractivity contribution in [1.29, 1.82) is 0 Å². The van der Waals surface area contributed by atoms with Crippen LogP contribution in [-0.2, 0) is 10.5 Å². The van der Waals surface area contributed by atoms with E-state index in [-0.39, 0.29) is 5.69 Å². The Morgan fingerprint density at radius 2 is 1.38 bits per heavy atom. The number of carboxylic acids is 1. The van der Waals surface area contributed by atoms with Gasteiger partial charge in [-0.25, -0.2) is 4.39 Å². The van der Waals surface area contributed by atoms with Crippen LogP contribution in [0.2, 0.25) is 0 Å². The second kappa shape index (κ2) is 5.41. The largest absolute Gasteiger partial charge is 0.480 e. The van der Waals surface area contributed by atoms with E-state index in [1.165, 1.54) is 0 Å². The molecule has 0 aliphatic rings. The van der Waals surface area contributed by atoms with E-state index in [1.807, 2.05) is 0 Å². The van der Waals surface area contributed by atoms with E-state index in [4.69, 9.17) is 5.11 Å². The number of anilines is 1. The molecule has 0 unspecified atom stereocenters. The summed E-state index contributed by atoms with van der Waals surface area (Å²) in [7, 11) is 0. The van der Waals surface area contributed by atoms with Crippen molar-refractivity contribution in [1.82, 2.24) is 0 Å². The fourth-order valence-corrected chi connectivity index (χ4v) is 1.48. The molecule has 3 nitrogen and oxygen atoms in total. The van der Waals surface area contributed by atoms with Crippen LogP contribution in [0.5, 0.6) is 0 Å². The van der Waals surface area contributed by atoms with Gasteiger partial charge in [0, 0.05) is 11.3 Å². The molecule has 0 saturated heterocycles. The molecule has 0 aliphatic carbocycles. The summed E-state index contributed by atoms with van der Waals surface area (Å²) in [5.74, 6) is -1.29. The molecular formula is C11H8F7NO2. The van der Waals surface area contributed by atoms with Crippen molar-refractivity contribution in [3.63, 3.8) is 0 Å². The highest BCUT2D eigenvalue weighted by Gasteiger charge is 2.73. The lowest BCUT2D eigenvalue weighted by atomic mass is 9.94. The van der Waals surface area contributed by atoms with Gasteiger partial charge in [0.1, 0.15) is 6.54 Å². The van der Waals surface area contributed by atoms with Crippen molar-refractivity contribution >= 4 is 11.7 Å². The van der Waals surface area contributed by atoms with E-state index in [9.17, 15) is 35.5 Å². The maximum atomic E-state index is 13.6. The average molecular weight is 319 g/mol. The summed E-state index contributed by atoms with van der Waals surface area (Å²) in [6.45, 7) is -0.599. The van der Waals surface area contributed by atoms with E-state index in [2.05, 4.69) is 5.32 Å². The van der Waals surface area contributed by atoms with Gasteiger partial charge in [-0.3, -0.25) is 4.79 Å². The smallest absolute Gasteiger partial charge is 0.435 e. The van der Waals surface area contributed by atoms with Crippen molar-refractivity contribution in [2.75, 3.05) is 11.9 Å². The Morgan fingerprint density at radius 1 is 0.952 bits per heavy atom. The molecule has 1 aromatic carbocycles. The normalized spacial score (nSPS) is 13.1. The van der Waals surface area contributed by atoms with E-state index >= 15 is 0 Å². The van der Waals surface area contributed by atoms with E-state index < -0.39 is 36.1 Å². The van der Waals surface area contributed by atoms with Crippen LogP contribution in [-0.4, -0.2) is 30.0 Å². The maximum Gasteiger partial charge on any atom is 0.435 e. The molecule has 0 aliphatic heterocycles. The third-order valence-corrected chi connectivity index (χ3v) is 2.51. The average Bonchev–Trinajstić information content (AvgIpc) is 2.33. The molecule has 0 atom stereocenters. The Labute approximate surface area is 113 Å². The van der Waals surface area contributed by atoms with Gasteiger partial charge in [-0.05, 0) is 12.1 Å². The van der Waals surface area contributed by atoms with Crippen molar-refractivity contribution < 1.29 is 40.6 Å². The molecule has 21 heavy (non-hydrogen) atoms. The van der Waals surface area contributed by atoms with E-state index in [0.29, 0.717) is 12.1 Å². The van der Waals surface area contributed by atoms with Gasteiger partial charge in [0.05, 0.1) is 0 Å². The number of hydrogen-bond acceptors (Lipinski definition) is 2. The van der Waals surface area contributed by atoms with Crippen molar-refractivity contribution in [3.05, 3.63) is 29.8 Å².